The molecule has 2 aromatic carbocycles. The molecular formula is C15H14ClNO3S. The Balaban J connectivity index is 2.31. The van der Waals surface area contributed by atoms with Crippen molar-refractivity contribution in [2.24, 2.45) is 0 Å². The van der Waals surface area contributed by atoms with E-state index in [9.17, 15) is 13.2 Å². The minimum atomic E-state index is -3.74. The van der Waals surface area contributed by atoms with Crippen LogP contribution in [0, 0.1) is 0 Å². The van der Waals surface area contributed by atoms with Crippen LogP contribution < -0.4 is 4.72 Å². The molecule has 110 valence electrons. The molecule has 1 N–H and O–H groups in total. The summed E-state index contributed by atoms with van der Waals surface area (Å²) in [5, 5.41) is 0.522. The van der Waals surface area contributed by atoms with E-state index in [1.54, 1.807) is 43.3 Å². The van der Waals surface area contributed by atoms with Gasteiger partial charge < -0.3 is 0 Å². The largest absolute Gasteiger partial charge is 0.294 e. The lowest BCUT2D eigenvalue weighted by Crippen LogP contribution is -2.13. The van der Waals surface area contributed by atoms with Crippen LogP contribution in [0.3, 0.4) is 0 Å². The molecule has 2 rings (SSSR count). The Morgan fingerprint density at radius 1 is 1.14 bits per heavy atom. The van der Waals surface area contributed by atoms with Gasteiger partial charge in [-0.25, -0.2) is 8.42 Å². The van der Waals surface area contributed by atoms with Gasteiger partial charge in [0, 0.05) is 22.7 Å². The minimum Gasteiger partial charge on any atom is -0.294 e. The van der Waals surface area contributed by atoms with E-state index in [-0.39, 0.29) is 10.7 Å². The smallest absolute Gasteiger partial charge is 0.261 e. The third kappa shape index (κ3) is 3.83. The molecule has 0 saturated heterocycles. The van der Waals surface area contributed by atoms with Crippen LogP contribution in [0.2, 0.25) is 5.02 Å². The van der Waals surface area contributed by atoms with Crippen LogP contribution in [0.25, 0.3) is 0 Å². The first kappa shape index (κ1) is 15.5. The van der Waals surface area contributed by atoms with Crippen molar-refractivity contribution in [2.75, 3.05) is 4.72 Å². The van der Waals surface area contributed by atoms with Gasteiger partial charge in [-0.2, -0.15) is 0 Å². The normalized spacial score (nSPS) is 11.1. The average Bonchev–Trinajstić information content (AvgIpc) is 2.49. The second-order valence-corrected chi connectivity index (χ2v) is 6.54. The zero-order valence-corrected chi connectivity index (χ0v) is 12.9. The van der Waals surface area contributed by atoms with Crippen molar-refractivity contribution in [3.05, 3.63) is 59.1 Å². The van der Waals surface area contributed by atoms with Gasteiger partial charge in [-0.15, -0.1) is 0 Å². The number of Topliss-reactive ketones (excluding diaryl/α,β-unsaturated/α-hetero) is 1. The lowest BCUT2D eigenvalue weighted by atomic mass is 10.1. The SMILES string of the molecule is CCC(=O)c1cccc(S(=O)(=O)Nc2ccc(Cl)cc2)c1. The molecule has 0 aliphatic heterocycles. The van der Waals surface area contributed by atoms with E-state index in [1.165, 1.54) is 12.1 Å². The van der Waals surface area contributed by atoms with Gasteiger partial charge in [-0.3, -0.25) is 9.52 Å². The maximum absolute atomic E-state index is 12.3. The molecule has 0 heterocycles. The highest BCUT2D eigenvalue weighted by atomic mass is 35.5. The minimum absolute atomic E-state index is 0.0525. The highest BCUT2D eigenvalue weighted by Crippen LogP contribution is 2.19. The summed E-state index contributed by atoms with van der Waals surface area (Å²) >= 11 is 5.76. The maximum atomic E-state index is 12.3. The maximum Gasteiger partial charge on any atom is 0.261 e. The predicted octanol–water partition coefficient (Wildman–Crippen LogP) is 3.73. The molecule has 21 heavy (non-hydrogen) atoms. The van der Waals surface area contributed by atoms with Gasteiger partial charge in [-0.1, -0.05) is 30.7 Å². The summed E-state index contributed by atoms with van der Waals surface area (Å²) in [6, 6.07) is 12.3. The number of ketones is 1. The van der Waals surface area contributed by atoms with Crippen LogP contribution in [-0.4, -0.2) is 14.2 Å². The predicted molar refractivity (Wildman–Crippen MR) is 83.3 cm³/mol. The third-order valence-electron chi connectivity index (χ3n) is 2.88. The number of carbonyl (C=O) groups is 1. The van der Waals surface area contributed by atoms with Crippen molar-refractivity contribution in [3.63, 3.8) is 0 Å². The van der Waals surface area contributed by atoms with Crippen LogP contribution in [0.5, 0.6) is 0 Å². The number of sulfonamides is 1. The number of anilines is 1. The molecule has 2 aromatic rings. The second kappa shape index (κ2) is 6.28. The highest BCUT2D eigenvalue weighted by Gasteiger charge is 2.16. The van der Waals surface area contributed by atoms with Crippen molar-refractivity contribution < 1.29 is 13.2 Å². The van der Waals surface area contributed by atoms with Crippen LogP contribution in [-0.2, 0) is 10.0 Å². The van der Waals surface area contributed by atoms with Crippen LogP contribution in [0.15, 0.2) is 53.4 Å². The van der Waals surface area contributed by atoms with E-state index in [2.05, 4.69) is 4.72 Å². The van der Waals surface area contributed by atoms with Crippen molar-refractivity contribution in [3.8, 4) is 0 Å². The van der Waals surface area contributed by atoms with Gasteiger partial charge in [0.1, 0.15) is 0 Å². The Morgan fingerprint density at radius 3 is 2.43 bits per heavy atom. The Kier molecular flexibility index (Phi) is 4.65. The zero-order chi connectivity index (χ0) is 15.5. The molecule has 0 aliphatic rings. The fourth-order valence-corrected chi connectivity index (χ4v) is 3.00. The first-order valence-corrected chi connectivity index (χ1v) is 8.20. The number of carbonyl (C=O) groups excluding carboxylic acids is 1. The molecule has 4 nitrogen and oxygen atoms in total. The third-order valence-corrected chi connectivity index (χ3v) is 4.51. The lowest BCUT2D eigenvalue weighted by Gasteiger charge is -2.09. The van der Waals surface area contributed by atoms with E-state index in [4.69, 9.17) is 11.6 Å². The first-order chi connectivity index (χ1) is 9.92. The number of hydrogen-bond acceptors (Lipinski definition) is 3. The molecule has 0 amide bonds. The van der Waals surface area contributed by atoms with Gasteiger partial charge in [0.25, 0.3) is 10.0 Å². The molecule has 0 atom stereocenters. The summed E-state index contributed by atoms with van der Waals surface area (Å²) in [7, 11) is -3.74. The highest BCUT2D eigenvalue weighted by molar-refractivity contribution is 7.92. The standard InChI is InChI=1S/C15H14ClNO3S/c1-2-15(18)11-4-3-5-14(10-11)21(19,20)17-13-8-6-12(16)7-9-13/h3-10,17H,2H2,1H3. The topological polar surface area (TPSA) is 63.2 Å². The van der Waals surface area contributed by atoms with E-state index in [1.807, 2.05) is 0 Å². The molecule has 0 aliphatic carbocycles. The summed E-state index contributed by atoms with van der Waals surface area (Å²) in [5.41, 5.74) is 0.795. The summed E-state index contributed by atoms with van der Waals surface area (Å²) in [6.07, 6.45) is 0.327. The van der Waals surface area contributed by atoms with Crippen LogP contribution >= 0.6 is 11.6 Å². The first-order valence-electron chi connectivity index (χ1n) is 6.34. The molecule has 0 fully saturated rings. The van der Waals surface area contributed by atoms with Gasteiger partial charge in [0.2, 0.25) is 0 Å². The molecule has 0 aromatic heterocycles. The average molecular weight is 324 g/mol. The van der Waals surface area contributed by atoms with Crippen molar-refractivity contribution >= 4 is 33.1 Å². The summed E-state index contributed by atoms with van der Waals surface area (Å²) < 4.78 is 27.0. The second-order valence-electron chi connectivity index (χ2n) is 4.42. The van der Waals surface area contributed by atoms with E-state index >= 15 is 0 Å². The van der Waals surface area contributed by atoms with Gasteiger partial charge in [0.15, 0.2) is 5.78 Å². The Hall–Kier alpha value is -1.85. The quantitative estimate of drug-likeness (QED) is 0.853. The lowest BCUT2D eigenvalue weighted by molar-refractivity contribution is 0.0988. The summed E-state index contributed by atoms with van der Waals surface area (Å²) in [6.45, 7) is 1.73. The van der Waals surface area contributed by atoms with Crippen molar-refractivity contribution in [1.82, 2.24) is 0 Å². The van der Waals surface area contributed by atoms with E-state index in [0.29, 0.717) is 22.7 Å². The number of hydrogen-bond donors (Lipinski definition) is 1. The fraction of sp³-hybridized carbons (Fsp3) is 0.133. The Labute approximate surface area is 128 Å². The van der Waals surface area contributed by atoms with Gasteiger partial charge >= 0.3 is 0 Å². The van der Waals surface area contributed by atoms with Crippen molar-refractivity contribution in [1.29, 1.82) is 0 Å². The number of nitrogens with one attached hydrogen (secondary N) is 1. The number of rotatable bonds is 5. The molecule has 0 radical (unpaired) electrons. The van der Waals surface area contributed by atoms with E-state index in [0.717, 1.165) is 0 Å². The van der Waals surface area contributed by atoms with Gasteiger partial charge in [-0.05, 0) is 36.4 Å². The Morgan fingerprint density at radius 2 is 1.81 bits per heavy atom. The van der Waals surface area contributed by atoms with Crippen molar-refractivity contribution in [2.45, 2.75) is 18.2 Å². The molecule has 0 spiro atoms. The molecule has 0 saturated carbocycles. The monoisotopic (exact) mass is 323 g/mol. The molecular weight excluding hydrogens is 310 g/mol. The van der Waals surface area contributed by atoms with Crippen LogP contribution in [0.1, 0.15) is 23.7 Å². The Bertz CT molecular complexity index is 755. The number of halogens is 1. The van der Waals surface area contributed by atoms with E-state index < -0.39 is 10.0 Å². The summed E-state index contributed by atoms with van der Waals surface area (Å²) in [5.74, 6) is -0.0986. The zero-order valence-electron chi connectivity index (χ0n) is 11.3. The number of benzene rings is 2. The fourth-order valence-electron chi connectivity index (χ4n) is 1.77. The molecule has 6 heteroatoms. The molecule has 0 bridgehead atoms. The van der Waals surface area contributed by atoms with Gasteiger partial charge in [0.05, 0.1) is 4.90 Å². The molecule has 0 unspecified atom stereocenters. The summed E-state index contributed by atoms with van der Waals surface area (Å²) in [4.78, 5) is 11.7. The van der Waals surface area contributed by atoms with Crippen LogP contribution in [0.4, 0.5) is 5.69 Å².